The number of amides is 1. The molecule has 1 atom stereocenters. The van der Waals surface area contributed by atoms with Gasteiger partial charge in [0.15, 0.2) is 5.16 Å². The largest absolute Gasteiger partial charge is 0.497 e. The number of carbonyl (C=O) groups excluding carboxylic acids is 1. The van der Waals surface area contributed by atoms with Crippen LogP contribution >= 0.6 is 11.8 Å². The van der Waals surface area contributed by atoms with Gasteiger partial charge in [0.1, 0.15) is 17.3 Å². The van der Waals surface area contributed by atoms with Crippen molar-refractivity contribution in [3.05, 3.63) is 54.2 Å². The van der Waals surface area contributed by atoms with Crippen LogP contribution < -0.4 is 4.74 Å². The first-order chi connectivity index (χ1) is 13.0. The highest BCUT2D eigenvalue weighted by Gasteiger charge is 2.21. The van der Waals surface area contributed by atoms with Crippen molar-refractivity contribution < 1.29 is 13.9 Å². The quantitative estimate of drug-likeness (QED) is 0.579. The molecule has 1 aromatic carbocycles. The van der Waals surface area contributed by atoms with Gasteiger partial charge in [-0.15, -0.1) is 10.2 Å². The first kappa shape index (κ1) is 19.0. The lowest BCUT2D eigenvalue weighted by atomic mass is 10.2. The number of aryl methyl sites for hydroxylation is 1. The number of nitrogens with zero attached hydrogens (tertiary/aromatic N) is 4. The van der Waals surface area contributed by atoms with Gasteiger partial charge >= 0.3 is 0 Å². The molecule has 0 fully saturated rings. The van der Waals surface area contributed by atoms with Gasteiger partial charge in [0, 0.05) is 12.7 Å². The molecule has 0 saturated carbocycles. The number of hydrogen-bond donors (Lipinski definition) is 0. The minimum Gasteiger partial charge on any atom is -0.497 e. The summed E-state index contributed by atoms with van der Waals surface area (Å²) in [4.78, 5) is 14.3. The van der Waals surface area contributed by atoms with Crippen LogP contribution in [0.2, 0.25) is 0 Å². The standard InChI is InChI=1S/C19H22N4O3S/c1-13(17-6-5-11-26-17)22(3)18(24)12-27-19-21-20-14(2)23(19)15-7-9-16(25-4)10-8-15/h5-11,13H,12H2,1-4H3. The summed E-state index contributed by atoms with van der Waals surface area (Å²) < 4.78 is 12.5. The maximum Gasteiger partial charge on any atom is 0.233 e. The number of aromatic nitrogens is 3. The van der Waals surface area contributed by atoms with Crippen LogP contribution in [-0.2, 0) is 4.79 Å². The summed E-state index contributed by atoms with van der Waals surface area (Å²) in [5.74, 6) is 2.55. The maximum atomic E-state index is 12.6. The molecule has 3 rings (SSSR count). The van der Waals surface area contributed by atoms with Crippen LogP contribution in [0.3, 0.4) is 0 Å². The van der Waals surface area contributed by atoms with Crippen LogP contribution in [-0.4, -0.2) is 45.5 Å². The van der Waals surface area contributed by atoms with Gasteiger partial charge in [-0.05, 0) is 50.2 Å². The number of ether oxygens (including phenoxy) is 1. The van der Waals surface area contributed by atoms with Crippen molar-refractivity contribution in [1.29, 1.82) is 0 Å². The molecule has 0 radical (unpaired) electrons. The minimum atomic E-state index is -0.130. The molecular formula is C19H22N4O3S. The molecule has 0 aliphatic carbocycles. The van der Waals surface area contributed by atoms with E-state index in [4.69, 9.17) is 9.15 Å². The Morgan fingerprint density at radius 2 is 2.04 bits per heavy atom. The molecule has 0 aliphatic rings. The van der Waals surface area contributed by atoms with E-state index in [-0.39, 0.29) is 17.7 Å². The molecule has 0 aliphatic heterocycles. The predicted octanol–water partition coefficient (Wildman–Crippen LogP) is 3.49. The third kappa shape index (κ3) is 4.16. The Morgan fingerprint density at radius 1 is 1.30 bits per heavy atom. The summed E-state index contributed by atoms with van der Waals surface area (Å²) in [6.07, 6.45) is 1.61. The highest BCUT2D eigenvalue weighted by Crippen LogP contribution is 2.25. The van der Waals surface area contributed by atoms with Crippen molar-refractivity contribution in [2.45, 2.75) is 25.0 Å². The second-order valence-corrected chi connectivity index (χ2v) is 6.99. The summed E-state index contributed by atoms with van der Waals surface area (Å²) in [6.45, 7) is 3.82. The zero-order chi connectivity index (χ0) is 19.4. The molecule has 7 nitrogen and oxygen atoms in total. The van der Waals surface area contributed by atoms with E-state index < -0.39 is 0 Å². The Labute approximate surface area is 162 Å². The third-order valence-electron chi connectivity index (χ3n) is 4.38. The first-order valence-electron chi connectivity index (χ1n) is 8.49. The molecule has 2 heterocycles. The number of furan rings is 1. The number of benzene rings is 1. The lowest BCUT2D eigenvalue weighted by Crippen LogP contribution is -2.31. The smallest absolute Gasteiger partial charge is 0.233 e. The van der Waals surface area contributed by atoms with Crippen LogP contribution in [0.25, 0.3) is 5.69 Å². The molecular weight excluding hydrogens is 364 g/mol. The van der Waals surface area contributed by atoms with Crippen LogP contribution in [0, 0.1) is 6.92 Å². The Bertz CT molecular complexity index is 890. The fraction of sp³-hybridized carbons (Fsp3) is 0.316. The second-order valence-electron chi connectivity index (χ2n) is 6.05. The molecule has 0 bridgehead atoms. The number of carbonyl (C=O) groups is 1. The first-order valence-corrected chi connectivity index (χ1v) is 9.48. The van der Waals surface area contributed by atoms with Gasteiger partial charge in [-0.1, -0.05) is 11.8 Å². The molecule has 142 valence electrons. The third-order valence-corrected chi connectivity index (χ3v) is 5.29. The Balaban J connectivity index is 1.70. The average molecular weight is 386 g/mol. The number of methoxy groups -OCH3 is 1. The fourth-order valence-electron chi connectivity index (χ4n) is 2.63. The van der Waals surface area contributed by atoms with Gasteiger partial charge in [0.2, 0.25) is 5.91 Å². The minimum absolute atomic E-state index is 0.00849. The fourth-order valence-corrected chi connectivity index (χ4v) is 3.55. The van der Waals surface area contributed by atoms with Crippen LogP contribution in [0.15, 0.2) is 52.2 Å². The van der Waals surface area contributed by atoms with Crippen molar-refractivity contribution >= 4 is 17.7 Å². The number of hydrogen-bond acceptors (Lipinski definition) is 6. The van der Waals surface area contributed by atoms with Gasteiger partial charge in [-0.25, -0.2) is 0 Å². The molecule has 2 aromatic heterocycles. The topological polar surface area (TPSA) is 73.4 Å². The maximum absolute atomic E-state index is 12.6. The molecule has 1 amide bonds. The van der Waals surface area contributed by atoms with E-state index in [0.29, 0.717) is 5.16 Å². The Kier molecular flexibility index (Phi) is 5.85. The second kappa shape index (κ2) is 8.30. The van der Waals surface area contributed by atoms with Crippen molar-refractivity contribution in [2.24, 2.45) is 0 Å². The summed E-state index contributed by atoms with van der Waals surface area (Å²) in [7, 11) is 3.40. The summed E-state index contributed by atoms with van der Waals surface area (Å²) in [5.41, 5.74) is 0.922. The van der Waals surface area contributed by atoms with Gasteiger partial charge < -0.3 is 14.1 Å². The molecule has 8 heteroatoms. The van der Waals surface area contributed by atoms with E-state index in [0.717, 1.165) is 23.0 Å². The Morgan fingerprint density at radius 3 is 2.67 bits per heavy atom. The van der Waals surface area contributed by atoms with E-state index >= 15 is 0 Å². The molecule has 3 aromatic rings. The van der Waals surface area contributed by atoms with E-state index in [2.05, 4.69) is 10.2 Å². The van der Waals surface area contributed by atoms with Crippen molar-refractivity contribution in [2.75, 3.05) is 19.9 Å². The van der Waals surface area contributed by atoms with Gasteiger partial charge in [0.25, 0.3) is 0 Å². The van der Waals surface area contributed by atoms with E-state index in [1.807, 2.05) is 54.8 Å². The zero-order valence-electron chi connectivity index (χ0n) is 15.7. The Hall–Kier alpha value is -2.74. The lowest BCUT2D eigenvalue weighted by Gasteiger charge is -2.23. The molecule has 27 heavy (non-hydrogen) atoms. The predicted molar refractivity (Wildman–Crippen MR) is 103 cm³/mol. The van der Waals surface area contributed by atoms with Gasteiger partial charge in [-0.2, -0.15) is 0 Å². The van der Waals surface area contributed by atoms with Crippen molar-refractivity contribution in [1.82, 2.24) is 19.7 Å². The zero-order valence-corrected chi connectivity index (χ0v) is 16.6. The van der Waals surface area contributed by atoms with E-state index in [1.54, 1.807) is 25.3 Å². The summed E-state index contributed by atoms with van der Waals surface area (Å²) >= 11 is 1.36. The van der Waals surface area contributed by atoms with E-state index in [1.165, 1.54) is 11.8 Å². The highest BCUT2D eigenvalue weighted by atomic mass is 32.2. The summed E-state index contributed by atoms with van der Waals surface area (Å²) in [5, 5.41) is 9.04. The molecule has 0 spiro atoms. The highest BCUT2D eigenvalue weighted by molar-refractivity contribution is 7.99. The molecule has 1 unspecified atom stereocenters. The normalized spacial score (nSPS) is 12.0. The molecule has 0 saturated heterocycles. The van der Waals surface area contributed by atoms with Crippen LogP contribution in [0.4, 0.5) is 0 Å². The molecule has 0 N–H and O–H groups in total. The van der Waals surface area contributed by atoms with Crippen LogP contribution in [0.5, 0.6) is 5.75 Å². The average Bonchev–Trinajstić information content (AvgIpc) is 3.35. The van der Waals surface area contributed by atoms with Gasteiger partial charge in [-0.3, -0.25) is 9.36 Å². The lowest BCUT2D eigenvalue weighted by molar-refractivity contribution is -0.129. The van der Waals surface area contributed by atoms with Crippen molar-refractivity contribution in [3.8, 4) is 11.4 Å². The number of rotatable bonds is 7. The van der Waals surface area contributed by atoms with Crippen molar-refractivity contribution in [3.63, 3.8) is 0 Å². The monoisotopic (exact) mass is 386 g/mol. The van der Waals surface area contributed by atoms with Gasteiger partial charge in [0.05, 0.1) is 25.2 Å². The van der Waals surface area contributed by atoms with E-state index in [9.17, 15) is 4.79 Å². The van der Waals surface area contributed by atoms with Crippen LogP contribution in [0.1, 0.15) is 24.6 Å². The summed E-state index contributed by atoms with van der Waals surface area (Å²) in [6, 6.07) is 11.2. The number of thioether (sulfide) groups is 1. The SMILES string of the molecule is COc1ccc(-n2c(C)nnc2SCC(=O)N(C)C(C)c2ccco2)cc1.